The van der Waals surface area contributed by atoms with Gasteiger partial charge in [0.2, 0.25) is 0 Å². The minimum atomic E-state index is 0.481. The Bertz CT molecular complexity index is 425. The highest BCUT2D eigenvalue weighted by atomic mass is 32.2. The van der Waals surface area contributed by atoms with E-state index in [9.17, 15) is 0 Å². The summed E-state index contributed by atoms with van der Waals surface area (Å²) in [6.45, 7) is 7.75. The second-order valence-corrected chi connectivity index (χ2v) is 6.41. The number of nitrogens with two attached hydrogens (primary N) is 1. The van der Waals surface area contributed by atoms with Crippen LogP contribution in [-0.4, -0.2) is 33.6 Å². The molecule has 0 saturated carbocycles. The molecule has 0 radical (unpaired) electrons. The van der Waals surface area contributed by atoms with E-state index < -0.39 is 0 Å². The third kappa shape index (κ3) is 2.95. The monoisotopic (exact) mass is 281 g/mol. The number of aromatic nitrogens is 2. The maximum atomic E-state index is 5.58. The van der Waals surface area contributed by atoms with Gasteiger partial charge in [-0.2, -0.15) is 11.8 Å². The first kappa shape index (κ1) is 14.4. The van der Waals surface area contributed by atoms with Crippen molar-refractivity contribution in [3.05, 3.63) is 11.9 Å². The Balaban J connectivity index is 2.37. The molecular formula is C13H23N5S. The van der Waals surface area contributed by atoms with Crippen molar-refractivity contribution in [2.24, 2.45) is 5.84 Å². The van der Waals surface area contributed by atoms with Gasteiger partial charge in [-0.05, 0) is 13.3 Å². The van der Waals surface area contributed by atoms with E-state index in [2.05, 4.69) is 41.1 Å². The lowest BCUT2D eigenvalue weighted by Crippen LogP contribution is -2.45. The molecule has 1 aliphatic rings. The predicted octanol–water partition coefficient (Wildman–Crippen LogP) is 2.04. The topological polar surface area (TPSA) is 67.1 Å². The Kier molecular flexibility index (Phi) is 4.87. The van der Waals surface area contributed by atoms with Gasteiger partial charge in [-0.25, -0.2) is 15.8 Å². The summed E-state index contributed by atoms with van der Waals surface area (Å²) in [5, 5.41) is 0.618. The van der Waals surface area contributed by atoms with Crippen molar-refractivity contribution in [3.8, 4) is 0 Å². The Hall–Kier alpha value is -1.01. The number of hydrogen-bond donors (Lipinski definition) is 2. The summed E-state index contributed by atoms with van der Waals surface area (Å²) >= 11 is 2.03. The molecule has 1 aliphatic heterocycles. The predicted molar refractivity (Wildman–Crippen MR) is 82.6 cm³/mol. The normalized spacial score (nSPS) is 23.5. The largest absolute Gasteiger partial charge is 0.352 e. The summed E-state index contributed by atoms with van der Waals surface area (Å²) in [7, 11) is 0. The number of nitrogens with zero attached hydrogens (tertiary/aromatic N) is 3. The third-order valence-corrected chi connectivity index (χ3v) is 5.05. The molecule has 2 rings (SSSR count). The van der Waals surface area contributed by atoms with Crippen molar-refractivity contribution in [2.75, 3.05) is 22.6 Å². The molecule has 1 saturated heterocycles. The molecule has 19 heavy (non-hydrogen) atoms. The van der Waals surface area contributed by atoms with E-state index in [0.29, 0.717) is 11.3 Å². The quantitative estimate of drug-likeness (QED) is 0.650. The van der Waals surface area contributed by atoms with Gasteiger partial charge in [0.05, 0.1) is 0 Å². The Morgan fingerprint density at radius 2 is 2.26 bits per heavy atom. The average Bonchev–Trinajstić information content (AvgIpc) is 2.43. The highest BCUT2D eigenvalue weighted by Gasteiger charge is 2.28. The van der Waals surface area contributed by atoms with Crippen molar-refractivity contribution in [1.82, 2.24) is 9.97 Å². The van der Waals surface area contributed by atoms with E-state index in [0.717, 1.165) is 42.3 Å². The van der Waals surface area contributed by atoms with Gasteiger partial charge in [0.25, 0.3) is 0 Å². The summed E-state index contributed by atoms with van der Waals surface area (Å²) in [6.07, 6.45) is 3.60. The molecule has 1 fully saturated rings. The van der Waals surface area contributed by atoms with Crippen LogP contribution in [0.1, 0.15) is 32.8 Å². The number of thioether (sulfide) groups is 1. The van der Waals surface area contributed by atoms with Gasteiger partial charge < -0.3 is 10.3 Å². The lowest BCUT2D eigenvalue weighted by Gasteiger charge is -2.39. The molecule has 3 N–H and O–H groups in total. The molecule has 0 amide bonds. The van der Waals surface area contributed by atoms with Crippen molar-refractivity contribution < 1.29 is 0 Å². The van der Waals surface area contributed by atoms with Gasteiger partial charge in [-0.3, -0.25) is 0 Å². The average molecular weight is 281 g/mol. The van der Waals surface area contributed by atoms with E-state index in [1.165, 1.54) is 0 Å². The summed E-state index contributed by atoms with van der Waals surface area (Å²) in [4.78, 5) is 11.2. The molecule has 2 heterocycles. The molecule has 106 valence electrons. The zero-order chi connectivity index (χ0) is 13.8. The zero-order valence-corrected chi connectivity index (χ0v) is 12.7. The van der Waals surface area contributed by atoms with Gasteiger partial charge in [0.15, 0.2) is 0 Å². The first-order valence-corrected chi connectivity index (χ1v) is 7.92. The summed E-state index contributed by atoms with van der Waals surface area (Å²) in [5.41, 5.74) is 3.84. The molecule has 0 spiro atoms. The molecule has 2 atom stereocenters. The van der Waals surface area contributed by atoms with Crippen LogP contribution in [0.25, 0.3) is 0 Å². The number of rotatable bonds is 4. The van der Waals surface area contributed by atoms with Gasteiger partial charge in [0.1, 0.15) is 18.0 Å². The number of nitrogens with one attached hydrogen (secondary N) is 1. The van der Waals surface area contributed by atoms with Crippen LogP contribution in [0, 0.1) is 0 Å². The molecule has 0 bridgehead atoms. The second kappa shape index (κ2) is 6.43. The van der Waals surface area contributed by atoms with Crippen LogP contribution in [0.5, 0.6) is 0 Å². The van der Waals surface area contributed by atoms with Crippen LogP contribution in [0.2, 0.25) is 0 Å². The molecule has 1 aromatic rings. The third-order valence-electron chi connectivity index (χ3n) is 3.72. The highest BCUT2D eigenvalue weighted by molar-refractivity contribution is 8.00. The second-order valence-electron chi connectivity index (χ2n) is 4.93. The van der Waals surface area contributed by atoms with Crippen LogP contribution in [0.15, 0.2) is 6.33 Å². The Morgan fingerprint density at radius 3 is 2.95 bits per heavy atom. The summed E-state index contributed by atoms with van der Waals surface area (Å²) < 4.78 is 0. The first-order chi connectivity index (χ1) is 9.19. The van der Waals surface area contributed by atoms with Crippen LogP contribution in [0.4, 0.5) is 11.6 Å². The first-order valence-electron chi connectivity index (χ1n) is 6.87. The smallest absolute Gasteiger partial charge is 0.148 e. The van der Waals surface area contributed by atoms with Crippen LogP contribution in [-0.2, 0) is 6.42 Å². The van der Waals surface area contributed by atoms with E-state index >= 15 is 0 Å². The lowest BCUT2D eigenvalue weighted by molar-refractivity contribution is 0.616. The highest BCUT2D eigenvalue weighted by Crippen LogP contribution is 2.32. The van der Waals surface area contributed by atoms with Crippen LogP contribution < -0.4 is 16.2 Å². The molecule has 1 aromatic heterocycles. The Morgan fingerprint density at radius 1 is 1.47 bits per heavy atom. The summed E-state index contributed by atoms with van der Waals surface area (Å²) in [6, 6.07) is 0.481. The maximum absolute atomic E-state index is 5.58. The van der Waals surface area contributed by atoms with E-state index in [1.807, 2.05) is 11.8 Å². The van der Waals surface area contributed by atoms with Gasteiger partial charge in [0, 0.05) is 29.2 Å². The van der Waals surface area contributed by atoms with Gasteiger partial charge in [-0.1, -0.05) is 20.3 Å². The van der Waals surface area contributed by atoms with Crippen molar-refractivity contribution in [1.29, 1.82) is 0 Å². The number of hydrogen-bond acceptors (Lipinski definition) is 6. The number of anilines is 2. The minimum Gasteiger partial charge on any atom is -0.352 e. The molecule has 2 unspecified atom stereocenters. The number of nitrogen functional groups attached to an aromatic ring is 1. The van der Waals surface area contributed by atoms with Gasteiger partial charge in [-0.15, -0.1) is 0 Å². The van der Waals surface area contributed by atoms with Crippen molar-refractivity contribution in [3.63, 3.8) is 0 Å². The van der Waals surface area contributed by atoms with E-state index in [1.54, 1.807) is 6.33 Å². The maximum Gasteiger partial charge on any atom is 0.148 e. The minimum absolute atomic E-state index is 0.481. The van der Waals surface area contributed by atoms with E-state index in [-0.39, 0.29) is 0 Å². The summed E-state index contributed by atoms with van der Waals surface area (Å²) in [5.74, 6) is 8.52. The molecule has 0 aromatic carbocycles. The SMILES string of the molecule is CCCc1c(NN)ncnc1N1CCSC(C)C1C. The molecule has 0 aliphatic carbocycles. The fraction of sp³-hybridized carbons (Fsp3) is 0.692. The van der Waals surface area contributed by atoms with Crippen molar-refractivity contribution >= 4 is 23.4 Å². The Labute approximate surface area is 119 Å². The lowest BCUT2D eigenvalue weighted by atomic mass is 10.1. The zero-order valence-electron chi connectivity index (χ0n) is 11.9. The fourth-order valence-corrected chi connectivity index (χ4v) is 3.59. The van der Waals surface area contributed by atoms with Crippen molar-refractivity contribution in [2.45, 2.75) is 44.9 Å². The van der Waals surface area contributed by atoms with Crippen LogP contribution in [0.3, 0.4) is 0 Å². The van der Waals surface area contributed by atoms with E-state index in [4.69, 9.17) is 5.84 Å². The van der Waals surface area contributed by atoms with Gasteiger partial charge >= 0.3 is 0 Å². The molecule has 6 heteroatoms. The standard InChI is InChI=1S/C13H23N5S/c1-4-5-11-12(17-14)15-8-16-13(11)18-6-7-19-10(3)9(18)2/h8-10H,4-7,14H2,1-3H3,(H,15,16,17). The molecular weight excluding hydrogens is 258 g/mol. The van der Waals surface area contributed by atoms with Crippen LogP contribution >= 0.6 is 11.8 Å². The number of hydrazine groups is 1. The molecule has 5 nitrogen and oxygen atoms in total. The fourth-order valence-electron chi connectivity index (χ4n) is 2.49.